The van der Waals surface area contributed by atoms with Gasteiger partial charge < -0.3 is 10.6 Å². The van der Waals surface area contributed by atoms with Crippen LogP contribution in [0.1, 0.15) is 39.5 Å². The third-order valence-electron chi connectivity index (χ3n) is 3.32. The van der Waals surface area contributed by atoms with Crippen LogP contribution in [0.15, 0.2) is 12.4 Å². The molecule has 1 aliphatic carbocycles. The molecular weight excluding hydrogens is 240 g/mol. The van der Waals surface area contributed by atoms with Crippen molar-refractivity contribution in [3.63, 3.8) is 0 Å². The van der Waals surface area contributed by atoms with Crippen LogP contribution in [0, 0.1) is 5.92 Å². The molecule has 1 saturated carbocycles. The van der Waals surface area contributed by atoms with E-state index in [1.807, 2.05) is 6.20 Å². The minimum absolute atomic E-state index is 0.0523. The standard InChI is InChI=1S/C14H24N4O/c1-3-4-11(2)7-15-13-8-16-18(9-13)10-14(19)17-12-5-6-12/h8-9,11-12,15H,3-7,10H2,1-2H3,(H,17,19). The Morgan fingerprint density at radius 1 is 1.58 bits per heavy atom. The van der Waals surface area contributed by atoms with E-state index in [2.05, 4.69) is 29.6 Å². The quantitative estimate of drug-likeness (QED) is 0.755. The molecule has 2 N–H and O–H groups in total. The molecule has 1 heterocycles. The number of hydrogen-bond donors (Lipinski definition) is 2. The molecule has 2 rings (SSSR count). The number of anilines is 1. The fourth-order valence-corrected chi connectivity index (χ4v) is 2.08. The summed E-state index contributed by atoms with van der Waals surface area (Å²) < 4.78 is 1.69. The van der Waals surface area contributed by atoms with E-state index in [4.69, 9.17) is 0 Å². The van der Waals surface area contributed by atoms with E-state index in [9.17, 15) is 4.79 Å². The third kappa shape index (κ3) is 4.93. The van der Waals surface area contributed by atoms with Gasteiger partial charge >= 0.3 is 0 Å². The van der Waals surface area contributed by atoms with E-state index in [-0.39, 0.29) is 5.91 Å². The Balaban J connectivity index is 1.73. The summed E-state index contributed by atoms with van der Waals surface area (Å²) in [5.74, 6) is 0.711. The summed E-state index contributed by atoms with van der Waals surface area (Å²) in [5.41, 5.74) is 0.988. The van der Waals surface area contributed by atoms with E-state index in [0.29, 0.717) is 18.5 Å². The highest BCUT2D eigenvalue weighted by atomic mass is 16.2. The largest absolute Gasteiger partial charge is 0.382 e. The Kier molecular flexibility index (Phi) is 4.82. The van der Waals surface area contributed by atoms with Crippen molar-refractivity contribution < 1.29 is 4.79 Å². The molecule has 1 aromatic heterocycles. The Bertz CT molecular complexity index is 411. The zero-order valence-electron chi connectivity index (χ0n) is 11.9. The summed E-state index contributed by atoms with van der Waals surface area (Å²) in [4.78, 5) is 11.6. The molecule has 5 nitrogen and oxygen atoms in total. The van der Waals surface area contributed by atoms with Crippen molar-refractivity contribution in [1.82, 2.24) is 15.1 Å². The lowest BCUT2D eigenvalue weighted by Gasteiger charge is -2.10. The molecule has 1 aliphatic rings. The fraction of sp³-hybridized carbons (Fsp3) is 0.714. The number of amides is 1. The zero-order chi connectivity index (χ0) is 13.7. The molecule has 1 aromatic rings. The SMILES string of the molecule is CCCC(C)CNc1cnn(CC(=O)NC2CC2)c1. The van der Waals surface area contributed by atoms with Gasteiger partial charge in [0.1, 0.15) is 6.54 Å². The van der Waals surface area contributed by atoms with Crippen LogP contribution in [-0.4, -0.2) is 28.3 Å². The predicted molar refractivity (Wildman–Crippen MR) is 76.0 cm³/mol. The maximum Gasteiger partial charge on any atom is 0.241 e. The highest BCUT2D eigenvalue weighted by Gasteiger charge is 2.23. The summed E-state index contributed by atoms with van der Waals surface area (Å²) in [6.07, 6.45) is 8.35. The van der Waals surface area contributed by atoms with Crippen LogP contribution < -0.4 is 10.6 Å². The van der Waals surface area contributed by atoms with Gasteiger partial charge in [-0.1, -0.05) is 20.3 Å². The Hall–Kier alpha value is -1.52. The van der Waals surface area contributed by atoms with Gasteiger partial charge in [0.05, 0.1) is 11.9 Å². The van der Waals surface area contributed by atoms with E-state index in [1.165, 1.54) is 12.8 Å². The first-order valence-electron chi connectivity index (χ1n) is 7.23. The summed E-state index contributed by atoms with van der Waals surface area (Å²) in [5, 5.41) is 10.5. The minimum atomic E-state index is 0.0523. The Morgan fingerprint density at radius 3 is 3.05 bits per heavy atom. The third-order valence-corrected chi connectivity index (χ3v) is 3.32. The molecule has 1 fully saturated rings. The van der Waals surface area contributed by atoms with Gasteiger partial charge in [-0.3, -0.25) is 9.48 Å². The highest BCUT2D eigenvalue weighted by Crippen LogP contribution is 2.18. The highest BCUT2D eigenvalue weighted by molar-refractivity contribution is 5.76. The number of nitrogens with one attached hydrogen (secondary N) is 2. The predicted octanol–water partition coefficient (Wildman–Crippen LogP) is 2.01. The summed E-state index contributed by atoms with van der Waals surface area (Å²) >= 11 is 0. The van der Waals surface area contributed by atoms with Crippen molar-refractivity contribution >= 4 is 11.6 Å². The molecule has 0 radical (unpaired) electrons. The fourth-order valence-electron chi connectivity index (χ4n) is 2.08. The second-order valence-corrected chi connectivity index (χ2v) is 5.54. The molecule has 1 atom stereocenters. The Labute approximate surface area is 114 Å². The number of aromatic nitrogens is 2. The van der Waals surface area contributed by atoms with Gasteiger partial charge in [-0.2, -0.15) is 5.10 Å². The lowest BCUT2D eigenvalue weighted by molar-refractivity contribution is -0.122. The van der Waals surface area contributed by atoms with Crippen LogP contribution in [0.5, 0.6) is 0 Å². The molecule has 5 heteroatoms. The number of carbonyl (C=O) groups excluding carboxylic acids is 1. The van der Waals surface area contributed by atoms with E-state index in [1.54, 1.807) is 10.9 Å². The number of hydrogen-bond acceptors (Lipinski definition) is 3. The average molecular weight is 264 g/mol. The molecule has 1 amide bonds. The van der Waals surface area contributed by atoms with Gasteiger partial charge in [-0.05, 0) is 25.2 Å². The monoisotopic (exact) mass is 264 g/mol. The van der Waals surface area contributed by atoms with E-state index in [0.717, 1.165) is 25.1 Å². The first-order valence-corrected chi connectivity index (χ1v) is 7.23. The maximum absolute atomic E-state index is 11.6. The van der Waals surface area contributed by atoms with Gasteiger partial charge in [-0.15, -0.1) is 0 Å². The van der Waals surface area contributed by atoms with Crippen LogP contribution in [0.2, 0.25) is 0 Å². The number of nitrogens with zero attached hydrogens (tertiary/aromatic N) is 2. The summed E-state index contributed by atoms with van der Waals surface area (Å²) in [7, 11) is 0. The summed E-state index contributed by atoms with van der Waals surface area (Å²) in [6.45, 7) is 5.70. The molecule has 19 heavy (non-hydrogen) atoms. The molecule has 0 saturated heterocycles. The van der Waals surface area contributed by atoms with Crippen molar-refractivity contribution in [2.45, 2.75) is 52.1 Å². The van der Waals surface area contributed by atoms with Crippen molar-refractivity contribution in [2.24, 2.45) is 5.92 Å². The zero-order valence-corrected chi connectivity index (χ0v) is 11.9. The van der Waals surface area contributed by atoms with Crippen LogP contribution in [0.25, 0.3) is 0 Å². The minimum Gasteiger partial charge on any atom is -0.382 e. The lowest BCUT2D eigenvalue weighted by atomic mass is 10.1. The smallest absolute Gasteiger partial charge is 0.241 e. The van der Waals surface area contributed by atoms with Crippen LogP contribution in [0.4, 0.5) is 5.69 Å². The van der Waals surface area contributed by atoms with Crippen LogP contribution in [0.3, 0.4) is 0 Å². The van der Waals surface area contributed by atoms with Gasteiger partial charge in [0.25, 0.3) is 0 Å². The first-order chi connectivity index (χ1) is 9.17. The molecule has 0 spiro atoms. The molecular formula is C14H24N4O. The lowest BCUT2D eigenvalue weighted by Crippen LogP contribution is -2.29. The number of carbonyl (C=O) groups is 1. The average Bonchev–Trinajstić information content (AvgIpc) is 3.05. The first kappa shape index (κ1) is 13.9. The van der Waals surface area contributed by atoms with Gasteiger partial charge in [0.15, 0.2) is 0 Å². The topological polar surface area (TPSA) is 59.0 Å². The van der Waals surface area contributed by atoms with Crippen LogP contribution in [-0.2, 0) is 11.3 Å². The van der Waals surface area contributed by atoms with Gasteiger partial charge in [-0.25, -0.2) is 0 Å². The maximum atomic E-state index is 11.6. The van der Waals surface area contributed by atoms with E-state index >= 15 is 0 Å². The number of rotatable bonds is 8. The van der Waals surface area contributed by atoms with Crippen molar-refractivity contribution in [2.75, 3.05) is 11.9 Å². The Morgan fingerprint density at radius 2 is 2.37 bits per heavy atom. The van der Waals surface area contributed by atoms with Crippen LogP contribution >= 0.6 is 0 Å². The molecule has 0 aromatic carbocycles. The normalized spacial score (nSPS) is 16.1. The summed E-state index contributed by atoms with van der Waals surface area (Å²) in [6, 6.07) is 0.413. The van der Waals surface area contributed by atoms with E-state index < -0.39 is 0 Å². The van der Waals surface area contributed by atoms with Crippen molar-refractivity contribution in [1.29, 1.82) is 0 Å². The molecule has 1 unspecified atom stereocenters. The van der Waals surface area contributed by atoms with Gasteiger partial charge in [0.2, 0.25) is 5.91 Å². The molecule has 0 bridgehead atoms. The second kappa shape index (κ2) is 6.59. The molecule has 0 aliphatic heterocycles. The second-order valence-electron chi connectivity index (χ2n) is 5.54. The van der Waals surface area contributed by atoms with Gasteiger partial charge in [0, 0.05) is 18.8 Å². The molecule has 106 valence electrons. The van der Waals surface area contributed by atoms with Crippen molar-refractivity contribution in [3.8, 4) is 0 Å². The van der Waals surface area contributed by atoms with Crippen molar-refractivity contribution in [3.05, 3.63) is 12.4 Å².